The third kappa shape index (κ3) is 5.76. The lowest BCUT2D eigenvalue weighted by Gasteiger charge is -2.12. The fourth-order valence-corrected chi connectivity index (χ4v) is 2.70. The van der Waals surface area contributed by atoms with Crippen molar-refractivity contribution in [2.45, 2.75) is 0 Å². The van der Waals surface area contributed by atoms with Gasteiger partial charge in [0.25, 0.3) is 5.91 Å². The summed E-state index contributed by atoms with van der Waals surface area (Å²) in [5.74, 6) is -2.49. The average Bonchev–Trinajstić information content (AvgIpc) is 2.67. The molecule has 0 aliphatic carbocycles. The monoisotopic (exact) mass is 415 g/mol. The summed E-state index contributed by atoms with van der Waals surface area (Å²) in [4.78, 5) is 24.6. The van der Waals surface area contributed by atoms with Crippen LogP contribution in [0.25, 0.3) is 0 Å². The Bertz CT molecular complexity index is 1020. The van der Waals surface area contributed by atoms with Gasteiger partial charge in [0, 0.05) is 28.2 Å². The number of rotatable bonds is 6. The van der Waals surface area contributed by atoms with E-state index in [1.807, 2.05) is 0 Å². The normalized spacial score (nSPS) is 10.3. The van der Waals surface area contributed by atoms with Gasteiger partial charge in [-0.05, 0) is 48.5 Å². The molecular weight excluding hydrogens is 400 g/mol. The van der Waals surface area contributed by atoms with E-state index in [1.165, 1.54) is 0 Å². The lowest BCUT2D eigenvalue weighted by molar-refractivity contribution is -0.114. The van der Waals surface area contributed by atoms with Crippen LogP contribution in [-0.4, -0.2) is 18.4 Å². The number of benzene rings is 3. The van der Waals surface area contributed by atoms with Crippen LogP contribution in [0.4, 0.5) is 25.8 Å². The lowest BCUT2D eigenvalue weighted by atomic mass is 10.1. The molecule has 0 saturated carbocycles. The second-order valence-electron chi connectivity index (χ2n) is 6.07. The van der Waals surface area contributed by atoms with Crippen molar-refractivity contribution < 1.29 is 18.4 Å². The number of amides is 2. The average molecular weight is 416 g/mol. The number of hydrogen-bond donors (Lipinski definition) is 3. The minimum atomic E-state index is -0.794. The Labute approximate surface area is 170 Å². The van der Waals surface area contributed by atoms with Gasteiger partial charge in [-0.1, -0.05) is 23.7 Å². The summed E-state index contributed by atoms with van der Waals surface area (Å²) >= 11 is 5.83. The Morgan fingerprint density at radius 3 is 2.17 bits per heavy atom. The van der Waals surface area contributed by atoms with E-state index in [4.69, 9.17) is 11.6 Å². The van der Waals surface area contributed by atoms with E-state index < -0.39 is 17.5 Å². The van der Waals surface area contributed by atoms with Crippen LogP contribution in [0, 0.1) is 11.6 Å². The first kappa shape index (κ1) is 20.3. The highest BCUT2D eigenvalue weighted by molar-refractivity contribution is 6.30. The zero-order chi connectivity index (χ0) is 20.8. The van der Waals surface area contributed by atoms with Gasteiger partial charge in [-0.15, -0.1) is 0 Å². The van der Waals surface area contributed by atoms with Crippen LogP contribution in [-0.2, 0) is 4.79 Å². The van der Waals surface area contributed by atoms with Crippen molar-refractivity contribution in [2.75, 3.05) is 22.5 Å². The van der Waals surface area contributed by atoms with Gasteiger partial charge in [0.05, 0.1) is 12.1 Å². The van der Waals surface area contributed by atoms with Gasteiger partial charge in [0.15, 0.2) is 0 Å². The molecule has 8 heteroatoms. The van der Waals surface area contributed by atoms with Gasteiger partial charge >= 0.3 is 0 Å². The van der Waals surface area contributed by atoms with E-state index in [0.29, 0.717) is 28.0 Å². The van der Waals surface area contributed by atoms with Gasteiger partial charge in [0.1, 0.15) is 11.6 Å². The highest BCUT2D eigenvalue weighted by atomic mass is 35.5. The van der Waals surface area contributed by atoms with Crippen molar-refractivity contribution in [1.29, 1.82) is 0 Å². The van der Waals surface area contributed by atoms with E-state index in [9.17, 15) is 18.4 Å². The Morgan fingerprint density at radius 1 is 0.828 bits per heavy atom. The topological polar surface area (TPSA) is 70.2 Å². The molecule has 0 fully saturated rings. The summed E-state index contributed by atoms with van der Waals surface area (Å²) in [6.07, 6.45) is 0. The van der Waals surface area contributed by atoms with E-state index in [1.54, 1.807) is 48.5 Å². The zero-order valence-corrected chi connectivity index (χ0v) is 15.8. The van der Waals surface area contributed by atoms with Gasteiger partial charge < -0.3 is 16.0 Å². The lowest BCUT2D eigenvalue weighted by Crippen LogP contribution is -2.23. The highest BCUT2D eigenvalue weighted by Gasteiger charge is 2.12. The number of nitrogens with one attached hydrogen (secondary N) is 3. The molecular formula is C21H16ClF2N3O2. The number of hydrogen-bond acceptors (Lipinski definition) is 3. The third-order valence-electron chi connectivity index (χ3n) is 3.86. The molecule has 3 rings (SSSR count). The maximum atomic E-state index is 13.2. The first-order valence-corrected chi connectivity index (χ1v) is 8.94. The second kappa shape index (κ2) is 9.16. The van der Waals surface area contributed by atoms with Crippen LogP contribution < -0.4 is 16.0 Å². The van der Waals surface area contributed by atoms with Crippen molar-refractivity contribution in [3.8, 4) is 0 Å². The number of halogens is 3. The van der Waals surface area contributed by atoms with Gasteiger partial charge in [-0.2, -0.15) is 0 Å². The molecule has 29 heavy (non-hydrogen) atoms. The molecule has 3 N–H and O–H groups in total. The SMILES string of the molecule is O=C(CNc1ccccc1C(=O)Nc1ccc(Cl)cc1)Nc1cc(F)cc(F)c1. The second-order valence-corrected chi connectivity index (χ2v) is 6.50. The van der Waals surface area contributed by atoms with Crippen LogP contribution >= 0.6 is 11.6 Å². The molecule has 3 aromatic rings. The Balaban J connectivity index is 1.64. The fraction of sp³-hybridized carbons (Fsp3) is 0.0476. The quantitative estimate of drug-likeness (QED) is 0.535. The van der Waals surface area contributed by atoms with E-state index in [0.717, 1.165) is 12.1 Å². The summed E-state index contributed by atoms with van der Waals surface area (Å²) in [5.41, 5.74) is 1.33. The van der Waals surface area contributed by atoms with Crippen LogP contribution in [0.2, 0.25) is 5.02 Å². The minimum absolute atomic E-state index is 0.00284. The largest absolute Gasteiger partial charge is 0.376 e. The molecule has 0 atom stereocenters. The van der Waals surface area contributed by atoms with Gasteiger partial charge in [0.2, 0.25) is 5.91 Å². The summed E-state index contributed by atoms with van der Waals surface area (Å²) < 4.78 is 26.4. The molecule has 0 saturated heterocycles. The first-order valence-electron chi connectivity index (χ1n) is 8.56. The zero-order valence-electron chi connectivity index (χ0n) is 15.0. The van der Waals surface area contributed by atoms with Gasteiger partial charge in [-0.3, -0.25) is 9.59 Å². The molecule has 0 aliphatic rings. The maximum Gasteiger partial charge on any atom is 0.257 e. The van der Waals surface area contributed by atoms with Crippen LogP contribution in [0.1, 0.15) is 10.4 Å². The van der Waals surface area contributed by atoms with E-state index >= 15 is 0 Å². The fourth-order valence-electron chi connectivity index (χ4n) is 2.57. The summed E-state index contributed by atoms with van der Waals surface area (Å²) in [6, 6.07) is 16.0. The predicted octanol–water partition coefficient (Wildman–Crippen LogP) is 4.92. The molecule has 0 radical (unpaired) electrons. The summed E-state index contributed by atoms with van der Waals surface area (Å²) in [5, 5.41) is 8.54. The predicted molar refractivity (Wildman–Crippen MR) is 109 cm³/mol. The maximum absolute atomic E-state index is 13.2. The smallest absolute Gasteiger partial charge is 0.257 e. The highest BCUT2D eigenvalue weighted by Crippen LogP contribution is 2.19. The number of para-hydroxylation sites is 1. The minimum Gasteiger partial charge on any atom is -0.376 e. The standard InChI is InChI=1S/C21H16ClF2N3O2/c22-13-5-7-16(8-6-13)27-21(29)18-3-1-2-4-19(18)25-12-20(28)26-17-10-14(23)9-15(24)11-17/h1-11,25H,12H2,(H,26,28)(H,27,29). The molecule has 2 amide bonds. The molecule has 5 nitrogen and oxygen atoms in total. The Hall–Kier alpha value is -3.45. The van der Waals surface area contributed by atoms with Crippen molar-refractivity contribution in [1.82, 2.24) is 0 Å². The molecule has 148 valence electrons. The molecule has 0 unspecified atom stereocenters. The number of carbonyl (C=O) groups excluding carboxylic acids is 2. The van der Waals surface area contributed by atoms with Crippen molar-refractivity contribution in [3.05, 3.63) is 89.0 Å². The molecule has 3 aromatic carbocycles. The Kier molecular flexibility index (Phi) is 6.41. The van der Waals surface area contributed by atoms with Crippen LogP contribution in [0.3, 0.4) is 0 Å². The molecule has 0 aromatic heterocycles. The summed E-state index contributed by atoms with van der Waals surface area (Å²) in [7, 11) is 0. The van der Waals surface area contributed by atoms with Crippen molar-refractivity contribution in [2.24, 2.45) is 0 Å². The molecule has 0 aliphatic heterocycles. The van der Waals surface area contributed by atoms with Crippen LogP contribution in [0.5, 0.6) is 0 Å². The molecule has 0 spiro atoms. The van der Waals surface area contributed by atoms with E-state index in [-0.39, 0.29) is 18.1 Å². The molecule has 0 bridgehead atoms. The van der Waals surface area contributed by atoms with Crippen molar-refractivity contribution >= 4 is 40.5 Å². The van der Waals surface area contributed by atoms with E-state index in [2.05, 4.69) is 16.0 Å². The Morgan fingerprint density at radius 2 is 1.48 bits per heavy atom. The third-order valence-corrected chi connectivity index (χ3v) is 4.11. The number of carbonyl (C=O) groups is 2. The number of anilines is 3. The van der Waals surface area contributed by atoms with Crippen LogP contribution in [0.15, 0.2) is 66.7 Å². The molecule has 0 heterocycles. The van der Waals surface area contributed by atoms with Crippen molar-refractivity contribution in [3.63, 3.8) is 0 Å². The first-order chi connectivity index (χ1) is 13.9. The van der Waals surface area contributed by atoms with Gasteiger partial charge in [-0.25, -0.2) is 8.78 Å². The summed E-state index contributed by atoms with van der Waals surface area (Å²) in [6.45, 7) is -0.205.